The molecular formula is C13H16BrN3O2. The minimum Gasteiger partial charge on any atom is -0.496 e. The van der Waals surface area contributed by atoms with Crippen LogP contribution in [0.25, 0.3) is 0 Å². The van der Waals surface area contributed by atoms with E-state index >= 15 is 0 Å². The third-order valence-corrected chi connectivity index (χ3v) is 3.38. The van der Waals surface area contributed by atoms with Gasteiger partial charge in [0.1, 0.15) is 5.75 Å². The zero-order valence-electron chi connectivity index (χ0n) is 10.9. The molecule has 0 aliphatic carbocycles. The van der Waals surface area contributed by atoms with Crippen LogP contribution in [-0.4, -0.2) is 17.3 Å². The Morgan fingerprint density at radius 2 is 2.26 bits per heavy atom. The number of rotatable bonds is 5. The molecule has 0 radical (unpaired) electrons. The van der Waals surface area contributed by atoms with Crippen LogP contribution in [0.15, 0.2) is 27.2 Å². The number of methoxy groups -OCH3 is 1. The predicted octanol–water partition coefficient (Wildman–Crippen LogP) is 2.84. The largest absolute Gasteiger partial charge is 0.496 e. The topological polar surface area (TPSA) is 74.2 Å². The summed E-state index contributed by atoms with van der Waals surface area (Å²) in [5, 5.41) is 3.93. The first-order chi connectivity index (χ1) is 9.15. The molecule has 0 saturated heterocycles. The highest BCUT2D eigenvalue weighted by molar-refractivity contribution is 9.10. The SMILES string of the molecule is CCCc1nc(C(N)c2ccc(OC)c(Br)c2)no1. The zero-order chi connectivity index (χ0) is 13.8. The molecule has 0 fully saturated rings. The first kappa shape index (κ1) is 14.0. The lowest BCUT2D eigenvalue weighted by molar-refractivity contribution is 0.370. The van der Waals surface area contributed by atoms with Gasteiger partial charge in [0, 0.05) is 6.42 Å². The van der Waals surface area contributed by atoms with Crippen LogP contribution in [0.2, 0.25) is 0 Å². The second-order valence-corrected chi connectivity index (χ2v) is 5.02. The predicted molar refractivity (Wildman–Crippen MR) is 75.0 cm³/mol. The highest BCUT2D eigenvalue weighted by Crippen LogP contribution is 2.28. The summed E-state index contributed by atoms with van der Waals surface area (Å²) in [7, 11) is 1.62. The summed E-state index contributed by atoms with van der Waals surface area (Å²) in [4.78, 5) is 4.30. The Morgan fingerprint density at radius 3 is 2.89 bits per heavy atom. The maximum absolute atomic E-state index is 6.14. The van der Waals surface area contributed by atoms with Crippen molar-refractivity contribution >= 4 is 15.9 Å². The van der Waals surface area contributed by atoms with Gasteiger partial charge >= 0.3 is 0 Å². The normalized spacial score (nSPS) is 12.4. The number of nitrogens with zero attached hydrogens (tertiary/aromatic N) is 2. The van der Waals surface area contributed by atoms with Crippen molar-refractivity contribution in [3.63, 3.8) is 0 Å². The lowest BCUT2D eigenvalue weighted by atomic mass is 10.1. The van der Waals surface area contributed by atoms with E-state index in [1.807, 2.05) is 18.2 Å². The van der Waals surface area contributed by atoms with E-state index in [9.17, 15) is 0 Å². The van der Waals surface area contributed by atoms with E-state index < -0.39 is 6.04 Å². The van der Waals surface area contributed by atoms with Crippen molar-refractivity contribution in [2.45, 2.75) is 25.8 Å². The van der Waals surface area contributed by atoms with Crippen LogP contribution in [0.4, 0.5) is 0 Å². The van der Waals surface area contributed by atoms with Crippen molar-refractivity contribution in [3.05, 3.63) is 40.0 Å². The van der Waals surface area contributed by atoms with Crippen molar-refractivity contribution in [2.75, 3.05) is 7.11 Å². The van der Waals surface area contributed by atoms with Crippen LogP contribution < -0.4 is 10.5 Å². The molecule has 1 aromatic carbocycles. The van der Waals surface area contributed by atoms with E-state index in [-0.39, 0.29) is 0 Å². The third kappa shape index (κ3) is 3.13. The van der Waals surface area contributed by atoms with Crippen LogP contribution in [0, 0.1) is 0 Å². The van der Waals surface area contributed by atoms with E-state index in [2.05, 4.69) is 33.0 Å². The smallest absolute Gasteiger partial charge is 0.226 e. The summed E-state index contributed by atoms with van der Waals surface area (Å²) in [6.45, 7) is 2.06. The number of hydrogen-bond donors (Lipinski definition) is 1. The molecule has 2 rings (SSSR count). The number of nitrogens with two attached hydrogens (primary N) is 1. The Bertz CT molecular complexity index is 557. The van der Waals surface area contributed by atoms with Gasteiger partial charge in [-0.15, -0.1) is 0 Å². The van der Waals surface area contributed by atoms with Gasteiger partial charge in [0.2, 0.25) is 5.89 Å². The van der Waals surface area contributed by atoms with E-state index in [1.54, 1.807) is 7.11 Å². The Hall–Kier alpha value is -1.40. The standard InChI is InChI=1S/C13H16BrN3O2/c1-3-4-11-16-13(17-19-11)12(15)8-5-6-10(18-2)9(14)7-8/h5-7,12H,3-4,15H2,1-2H3. The molecule has 0 bridgehead atoms. The fraction of sp³-hybridized carbons (Fsp3) is 0.385. The number of ether oxygens (including phenoxy) is 1. The maximum Gasteiger partial charge on any atom is 0.226 e. The molecule has 0 amide bonds. The lowest BCUT2D eigenvalue weighted by Crippen LogP contribution is -2.13. The zero-order valence-corrected chi connectivity index (χ0v) is 12.5. The van der Waals surface area contributed by atoms with Crippen LogP contribution in [0.3, 0.4) is 0 Å². The average molecular weight is 326 g/mol. The van der Waals surface area contributed by atoms with Gasteiger partial charge in [-0.1, -0.05) is 18.1 Å². The molecule has 102 valence electrons. The summed E-state index contributed by atoms with van der Waals surface area (Å²) < 4.78 is 11.2. The molecule has 0 aliphatic rings. The number of hydrogen-bond acceptors (Lipinski definition) is 5. The summed E-state index contributed by atoms with van der Waals surface area (Å²) in [5.74, 6) is 1.89. The fourth-order valence-corrected chi connectivity index (χ4v) is 2.29. The number of aryl methyl sites for hydroxylation is 1. The average Bonchev–Trinajstić information content (AvgIpc) is 2.87. The van der Waals surface area contributed by atoms with Gasteiger partial charge in [-0.3, -0.25) is 0 Å². The minimum absolute atomic E-state index is 0.406. The maximum atomic E-state index is 6.14. The fourth-order valence-electron chi connectivity index (χ4n) is 1.73. The number of halogens is 1. The second-order valence-electron chi connectivity index (χ2n) is 4.17. The summed E-state index contributed by atoms with van der Waals surface area (Å²) in [5.41, 5.74) is 7.04. The van der Waals surface area contributed by atoms with E-state index in [4.69, 9.17) is 15.0 Å². The number of benzene rings is 1. The van der Waals surface area contributed by atoms with Gasteiger partial charge in [0.15, 0.2) is 5.82 Å². The minimum atomic E-state index is -0.406. The van der Waals surface area contributed by atoms with Crippen molar-refractivity contribution < 1.29 is 9.26 Å². The molecule has 6 heteroatoms. The van der Waals surface area contributed by atoms with E-state index in [0.29, 0.717) is 11.7 Å². The molecule has 0 spiro atoms. The quantitative estimate of drug-likeness (QED) is 0.914. The van der Waals surface area contributed by atoms with Crippen LogP contribution in [-0.2, 0) is 6.42 Å². The Labute approximate surface area is 120 Å². The summed E-state index contributed by atoms with van der Waals surface area (Å²) >= 11 is 3.43. The van der Waals surface area contributed by atoms with E-state index in [0.717, 1.165) is 28.6 Å². The molecule has 2 N–H and O–H groups in total. The highest BCUT2D eigenvalue weighted by atomic mass is 79.9. The second kappa shape index (κ2) is 6.16. The molecule has 1 heterocycles. The first-order valence-electron chi connectivity index (χ1n) is 6.07. The molecular weight excluding hydrogens is 310 g/mol. The summed E-state index contributed by atoms with van der Waals surface area (Å²) in [6, 6.07) is 5.24. The molecule has 1 aromatic heterocycles. The summed E-state index contributed by atoms with van der Waals surface area (Å²) in [6.07, 6.45) is 1.73. The van der Waals surface area contributed by atoms with Gasteiger partial charge in [-0.2, -0.15) is 4.98 Å². The monoisotopic (exact) mass is 325 g/mol. The molecule has 1 atom stereocenters. The molecule has 19 heavy (non-hydrogen) atoms. The van der Waals surface area contributed by atoms with Crippen molar-refractivity contribution in [3.8, 4) is 5.75 Å². The van der Waals surface area contributed by atoms with E-state index in [1.165, 1.54) is 0 Å². The Morgan fingerprint density at radius 1 is 1.47 bits per heavy atom. The Balaban J connectivity index is 2.22. The van der Waals surface area contributed by atoms with Crippen molar-refractivity contribution in [1.82, 2.24) is 10.1 Å². The lowest BCUT2D eigenvalue weighted by Gasteiger charge is -2.10. The van der Waals surface area contributed by atoms with Gasteiger partial charge in [0.25, 0.3) is 0 Å². The van der Waals surface area contributed by atoms with Gasteiger partial charge in [0.05, 0.1) is 17.6 Å². The number of aromatic nitrogens is 2. The molecule has 1 unspecified atom stereocenters. The first-order valence-corrected chi connectivity index (χ1v) is 6.86. The molecule has 2 aromatic rings. The Kier molecular flexibility index (Phi) is 4.55. The van der Waals surface area contributed by atoms with Crippen molar-refractivity contribution in [1.29, 1.82) is 0 Å². The van der Waals surface area contributed by atoms with Crippen LogP contribution in [0.1, 0.15) is 36.7 Å². The van der Waals surface area contributed by atoms with Crippen molar-refractivity contribution in [2.24, 2.45) is 5.73 Å². The van der Waals surface area contributed by atoms with Gasteiger partial charge < -0.3 is 15.0 Å². The highest BCUT2D eigenvalue weighted by Gasteiger charge is 2.17. The van der Waals surface area contributed by atoms with Crippen LogP contribution in [0.5, 0.6) is 5.75 Å². The molecule has 5 nitrogen and oxygen atoms in total. The third-order valence-electron chi connectivity index (χ3n) is 2.76. The van der Waals surface area contributed by atoms with Gasteiger partial charge in [-0.05, 0) is 40.0 Å². The van der Waals surface area contributed by atoms with Gasteiger partial charge in [-0.25, -0.2) is 0 Å². The van der Waals surface area contributed by atoms with Crippen LogP contribution >= 0.6 is 15.9 Å². The molecule has 0 aliphatic heterocycles. The molecule has 0 saturated carbocycles.